The summed E-state index contributed by atoms with van der Waals surface area (Å²) in [7, 11) is 0. The van der Waals surface area contributed by atoms with Crippen LogP contribution in [0.3, 0.4) is 0 Å². The van der Waals surface area contributed by atoms with E-state index in [9.17, 15) is 0 Å². The van der Waals surface area contributed by atoms with Crippen molar-refractivity contribution < 1.29 is 0 Å². The summed E-state index contributed by atoms with van der Waals surface area (Å²) in [5.41, 5.74) is 5.32. The topological polar surface area (TPSA) is 0 Å². The van der Waals surface area contributed by atoms with Gasteiger partial charge in [-0.15, -0.1) is 0 Å². The largest absolute Gasteiger partial charge is 0.0766 e. The summed E-state index contributed by atoms with van der Waals surface area (Å²) >= 11 is 0. The highest BCUT2D eigenvalue weighted by Gasteiger charge is 1.95. The third-order valence-electron chi connectivity index (χ3n) is 2.99. The van der Waals surface area contributed by atoms with Crippen molar-refractivity contribution >= 4 is 5.57 Å². The zero-order chi connectivity index (χ0) is 12.1. The van der Waals surface area contributed by atoms with Gasteiger partial charge in [0.25, 0.3) is 0 Å². The lowest BCUT2D eigenvalue weighted by Gasteiger charge is -2.03. The standard InChI is InChI=1S/C17H18/c1-14-8-12-17(13-9-14)15(2)10-11-16-6-4-3-5-7-16/h3-10,12-13H,11H2,1-2H3/b15-10-. The first-order chi connectivity index (χ1) is 8.25. The van der Waals surface area contributed by atoms with Crippen molar-refractivity contribution in [1.82, 2.24) is 0 Å². The molecule has 0 heteroatoms. The molecular formula is C17H18. The minimum Gasteiger partial charge on any atom is -0.0766 e. The van der Waals surface area contributed by atoms with E-state index in [1.165, 1.54) is 22.3 Å². The van der Waals surface area contributed by atoms with Crippen LogP contribution in [0.25, 0.3) is 5.57 Å². The maximum Gasteiger partial charge on any atom is -0.00915 e. The van der Waals surface area contributed by atoms with Crippen molar-refractivity contribution in [3.05, 3.63) is 77.4 Å². The summed E-state index contributed by atoms with van der Waals surface area (Å²) in [5, 5.41) is 0. The minimum atomic E-state index is 1.00. The van der Waals surface area contributed by atoms with Crippen molar-refractivity contribution in [3.63, 3.8) is 0 Å². The summed E-state index contributed by atoms with van der Waals surface area (Å²) in [6, 6.07) is 19.3. The van der Waals surface area contributed by atoms with Crippen molar-refractivity contribution in [2.45, 2.75) is 20.3 Å². The third kappa shape index (κ3) is 3.32. The van der Waals surface area contributed by atoms with Gasteiger partial charge in [-0.25, -0.2) is 0 Å². The molecule has 0 saturated heterocycles. The zero-order valence-corrected chi connectivity index (χ0v) is 10.5. The van der Waals surface area contributed by atoms with Gasteiger partial charge in [-0.3, -0.25) is 0 Å². The second-order valence-corrected chi connectivity index (χ2v) is 4.44. The van der Waals surface area contributed by atoms with E-state index in [4.69, 9.17) is 0 Å². The Kier molecular flexibility index (Phi) is 3.77. The first-order valence-corrected chi connectivity index (χ1v) is 6.03. The number of hydrogen-bond acceptors (Lipinski definition) is 0. The Hall–Kier alpha value is -1.82. The Morgan fingerprint density at radius 2 is 1.59 bits per heavy atom. The summed E-state index contributed by atoms with van der Waals surface area (Å²) in [6.45, 7) is 4.29. The molecule has 0 heterocycles. The Labute approximate surface area is 104 Å². The summed E-state index contributed by atoms with van der Waals surface area (Å²) in [4.78, 5) is 0. The highest BCUT2D eigenvalue weighted by Crippen LogP contribution is 2.15. The lowest BCUT2D eigenvalue weighted by Crippen LogP contribution is -1.84. The lowest BCUT2D eigenvalue weighted by atomic mass is 10.0. The quantitative estimate of drug-likeness (QED) is 0.709. The van der Waals surface area contributed by atoms with E-state index in [1.54, 1.807) is 0 Å². The van der Waals surface area contributed by atoms with Crippen LogP contribution in [0.4, 0.5) is 0 Å². The van der Waals surface area contributed by atoms with Crippen LogP contribution in [0.1, 0.15) is 23.6 Å². The molecule has 0 radical (unpaired) electrons. The van der Waals surface area contributed by atoms with Gasteiger partial charge in [-0.1, -0.05) is 66.2 Å². The van der Waals surface area contributed by atoms with Gasteiger partial charge in [0.1, 0.15) is 0 Å². The first-order valence-electron chi connectivity index (χ1n) is 6.03. The summed E-state index contributed by atoms with van der Waals surface area (Å²) < 4.78 is 0. The molecule has 0 aliphatic rings. The molecule has 0 aliphatic heterocycles. The van der Waals surface area contributed by atoms with E-state index >= 15 is 0 Å². The smallest absolute Gasteiger partial charge is 0.00915 e. The molecule has 0 fully saturated rings. The van der Waals surface area contributed by atoms with Gasteiger partial charge in [0.15, 0.2) is 0 Å². The average Bonchev–Trinajstić information content (AvgIpc) is 2.38. The number of allylic oxidation sites excluding steroid dienone is 2. The molecule has 0 spiro atoms. The van der Waals surface area contributed by atoms with Gasteiger partial charge < -0.3 is 0 Å². The second-order valence-electron chi connectivity index (χ2n) is 4.44. The van der Waals surface area contributed by atoms with E-state index in [0.717, 1.165) is 6.42 Å². The molecule has 0 amide bonds. The number of hydrogen-bond donors (Lipinski definition) is 0. The van der Waals surface area contributed by atoms with E-state index < -0.39 is 0 Å². The van der Waals surface area contributed by atoms with Gasteiger partial charge in [-0.2, -0.15) is 0 Å². The fourth-order valence-electron chi connectivity index (χ4n) is 1.82. The molecule has 0 saturated carbocycles. The highest BCUT2D eigenvalue weighted by atomic mass is 14.0. The first kappa shape index (κ1) is 11.7. The van der Waals surface area contributed by atoms with E-state index in [1.807, 2.05) is 0 Å². The van der Waals surface area contributed by atoms with Crippen LogP contribution >= 0.6 is 0 Å². The van der Waals surface area contributed by atoms with Crippen LogP contribution in [0.15, 0.2) is 60.7 Å². The summed E-state index contributed by atoms with van der Waals surface area (Å²) in [6.07, 6.45) is 3.29. The van der Waals surface area contributed by atoms with Crippen molar-refractivity contribution in [2.75, 3.05) is 0 Å². The zero-order valence-electron chi connectivity index (χ0n) is 10.5. The molecule has 0 aliphatic carbocycles. The Balaban J connectivity index is 2.10. The average molecular weight is 222 g/mol. The molecule has 2 aromatic rings. The van der Waals surface area contributed by atoms with E-state index in [2.05, 4.69) is 74.5 Å². The van der Waals surface area contributed by atoms with Gasteiger partial charge in [0.2, 0.25) is 0 Å². The van der Waals surface area contributed by atoms with Gasteiger partial charge in [-0.05, 0) is 37.0 Å². The van der Waals surface area contributed by atoms with Crippen LogP contribution in [-0.2, 0) is 6.42 Å². The molecule has 0 aromatic heterocycles. The summed E-state index contributed by atoms with van der Waals surface area (Å²) in [5.74, 6) is 0. The number of rotatable bonds is 3. The van der Waals surface area contributed by atoms with E-state index in [-0.39, 0.29) is 0 Å². The molecule has 2 rings (SSSR count). The van der Waals surface area contributed by atoms with Gasteiger partial charge >= 0.3 is 0 Å². The number of aryl methyl sites for hydroxylation is 1. The van der Waals surface area contributed by atoms with Gasteiger partial charge in [0, 0.05) is 0 Å². The maximum atomic E-state index is 2.29. The highest BCUT2D eigenvalue weighted by molar-refractivity contribution is 5.64. The Morgan fingerprint density at radius 3 is 2.24 bits per heavy atom. The van der Waals surface area contributed by atoms with Crippen molar-refractivity contribution in [2.24, 2.45) is 0 Å². The van der Waals surface area contributed by atoms with Crippen LogP contribution < -0.4 is 0 Å². The van der Waals surface area contributed by atoms with E-state index in [0.29, 0.717) is 0 Å². The predicted octanol–water partition coefficient (Wildman–Crippen LogP) is 4.64. The molecule has 0 bridgehead atoms. The Bertz CT molecular complexity index is 489. The third-order valence-corrected chi connectivity index (χ3v) is 2.99. The molecule has 0 atom stereocenters. The SMILES string of the molecule is C/C(=C/Cc1ccccc1)c1ccc(C)cc1. The van der Waals surface area contributed by atoms with Crippen LogP contribution in [0.2, 0.25) is 0 Å². The molecule has 0 nitrogen and oxygen atoms in total. The maximum absolute atomic E-state index is 2.29. The van der Waals surface area contributed by atoms with Crippen LogP contribution in [-0.4, -0.2) is 0 Å². The minimum absolute atomic E-state index is 1.00. The molecule has 86 valence electrons. The molecular weight excluding hydrogens is 204 g/mol. The normalized spacial score (nSPS) is 11.5. The van der Waals surface area contributed by atoms with Crippen molar-refractivity contribution in [3.8, 4) is 0 Å². The predicted molar refractivity (Wildman–Crippen MR) is 75.0 cm³/mol. The number of benzene rings is 2. The molecule has 0 unspecified atom stereocenters. The van der Waals surface area contributed by atoms with Gasteiger partial charge in [0.05, 0.1) is 0 Å². The monoisotopic (exact) mass is 222 g/mol. The lowest BCUT2D eigenvalue weighted by molar-refractivity contribution is 1.26. The van der Waals surface area contributed by atoms with Crippen LogP contribution in [0.5, 0.6) is 0 Å². The fraction of sp³-hybridized carbons (Fsp3) is 0.176. The molecule has 0 N–H and O–H groups in total. The molecule has 2 aromatic carbocycles. The van der Waals surface area contributed by atoms with Crippen molar-refractivity contribution in [1.29, 1.82) is 0 Å². The van der Waals surface area contributed by atoms with Crippen LogP contribution in [0, 0.1) is 6.92 Å². The Morgan fingerprint density at radius 1 is 0.941 bits per heavy atom. The second kappa shape index (κ2) is 5.49. The fourth-order valence-corrected chi connectivity index (χ4v) is 1.82. The molecule has 17 heavy (non-hydrogen) atoms.